The van der Waals surface area contributed by atoms with Gasteiger partial charge in [0.25, 0.3) is 0 Å². The molecule has 3 rings (SSSR count). The summed E-state index contributed by atoms with van der Waals surface area (Å²) in [7, 11) is 0. The number of pyridine rings is 1. The van der Waals surface area contributed by atoms with Gasteiger partial charge in [-0.05, 0) is 43.0 Å². The molecule has 2 heterocycles. The average molecular weight is 352 g/mol. The maximum atomic E-state index is 12.8. The van der Waals surface area contributed by atoms with Crippen molar-refractivity contribution < 1.29 is 4.79 Å². The van der Waals surface area contributed by atoms with Gasteiger partial charge in [-0.15, -0.1) is 0 Å². The molecule has 26 heavy (non-hydrogen) atoms. The number of aryl methyl sites for hydroxylation is 3. The molecule has 0 saturated carbocycles. The number of hydrogen-bond donors (Lipinski definition) is 1. The lowest BCUT2D eigenvalue weighted by Gasteiger charge is -2.35. The minimum absolute atomic E-state index is 0.00236. The number of anilines is 2. The van der Waals surface area contributed by atoms with Gasteiger partial charge in [-0.1, -0.05) is 38.1 Å². The van der Waals surface area contributed by atoms with Crippen LogP contribution in [0.25, 0.3) is 0 Å². The van der Waals surface area contributed by atoms with Gasteiger partial charge >= 0.3 is 6.03 Å². The monoisotopic (exact) mass is 352 g/mol. The third kappa shape index (κ3) is 3.98. The second-order valence-corrected chi connectivity index (χ2v) is 6.70. The van der Waals surface area contributed by atoms with Crippen LogP contribution in [0.1, 0.15) is 30.7 Å². The van der Waals surface area contributed by atoms with Crippen LogP contribution in [0.2, 0.25) is 0 Å². The van der Waals surface area contributed by atoms with Crippen LogP contribution >= 0.6 is 0 Å². The highest BCUT2D eigenvalue weighted by atomic mass is 16.2. The lowest BCUT2D eigenvalue weighted by Crippen LogP contribution is -2.50. The lowest BCUT2D eigenvalue weighted by atomic mass is 10.0. The summed E-state index contributed by atoms with van der Waals surface area (Å²) in [4.78, 5) is 21.5. The van der Waals surface area contributed by atoms with Crippen LogP contribution < -0.4 is 10.2 Å². The first-order valence-electron chi connectivity index (χ1n) is 9.47. The molecule has 1 fully saturated rings. The van der Waals surface area contributed by atoms with Crippen molar-refractivity contribution in [1.82, 2.24) is 9.88 Å². The van der Waals surface area contributed by atoms with E-state index < -0.39 is 0 Å². The highest BCUT2D eigenvalue weighted by Gasteiger charge is 2.23. The Morgan fingerprint density at radius 2 is 1.62 bits per heavy atom. The number of carbonyl (C=O) groups is 1. The predicted octanol–water partition coefficient (Wildman–Crippen LogP) is 3.87. The Bertz CT molecular complexity index is 744. The second-order valence-electron chi connectivity index (χ2n) is 6.70. The zero-order valence-electron chi connectivity index (χ0n) is 16.0. The molecule has 0 spiro atoms. The molecule has 0 aliphatic carbocycles. The third-order valence-electron chi connectivity index (χ3n) is 5.00. The van der Waals surface area contributed by atoms with Gasteiger partial charge in [0.1, 0.15) is 5.82 Å². The van der Waals surface area contributed by atoms with Crippen LogP contribution in [0.5, 0.6) is 0 Å². The van der Waals surface area contributed by atoms with E-state index in [1.54, 1.807) is 0 Å². The number of rotatable bonds is 4. The summed E-state index contributed by atoms with van der Waals surface area (Å²) in [5, 5.41) is 3.17. The summed E-state index contributed by atoms with van der Waals surface area (Å²) in [5.41, 5.74) is 4.40. The van der Waals surface area contributed by atoms with Crippen LogP contribution in [0.15, 0.2) is 36.4 Å². The maximum absolute atomic E-state index is 12.8. The van der Waals surface area contributed by atoms with Crippen molar-refractivity contribution in [2.75, 3.05) is 36.4 Å². The summed E-state index contributed by atoms with van der Waals surface area (Å²) >= 11 is 0. The number of nitrogens with zero attached hydrogens (tertiary/aromatic N) is 3. The Balaban J connectivity index is 1.64. The van der Waals surface area contributed by atoms with Crippen LogP contribution in [-0.2, 0) is 12.8 Å². The van der Waals surface area contributed by atoms with Crippen LogP contribution in [0.3, 0.4) is 0 Å². The van der Waals surface area contributed by atoms with Crippen LogP contribution in [0.4, 0.5) is 16.3 Å². The van der Waals surface area contributed by atoms with E-state index in [9.17, 15) is 4.79 Å². The van der Waals surface area contributed by atoms with Crippen molar-refractivity contribution in [2.45, 2.75) is 33.6 Å². The minimum Gasteiger partial charge on any atom is -0.353 e. The molecule has 1 aromatic carbocycles. The average Bonchev–Trinajstić information content (AvgIpc) is 2.68. The minimum atomic E-state index is -0.00236. The summed E-state index contributed by atoms with van der Waals surface area (Å²) in [6.45, 7) is 9.27. The van der Waals surface area contributed by atoms with Crippen molar-refractivity contribution in [3.8, 4) is 0 Å². The van der Waals surface area contributed by atoms with E-state index in [2.05, 4.69) is 47.2 Å². The van der Waals surface area contributed by atoms with Gasteiger partial charge in [-0.25, -0.2) is 9.78 Å². The number of para-hydroxylation sites is 1. The summed E-state index contributed by atoms with van der Waals surface area (Å²) in [6, 6.07) is 12.3. The molecular weight excluding hydrogens is 324 g/mol. The Kier molecular flexibility index (Phi) is 5.76. The number of hydrogen-bond acceptors (Lipinski definition) is 3. The van der Waals surface area contributed by atoms with Gasteiger partial charge in [0.05, 0.1) is 0 Å². The number of piperazine rings is 1. The molecular formula is C21H28N4O. The number of urea groups is 1. The van der Waals surface area contributed by atoms with Crippen LogP contribution in [0, 0.1) is 6.92 Å². The molecule has 0 atom stereocenters. The zero-order valence-corrected chi connectivity index (χ0v) is 16.0. The van der Waals surface area contributed by atoms with Gasteiger partial charge < -0.3 is 15.1 Å². The third-order valence-corrected chi connectivity index (χ3v) is 5.00. The first kappa shape index (κ1) is 18.2. The van der Waals surface area contributed by atoms with E-state index in [0.29, 0.717) is 13.1 Å². The smallest absolute Gasteiger partial charge is 0.321 e. The number of aromatic nitrogens is 1. The van der Waals surface area contributed by atoms with Gasteiger partial charge in [0, 0.05) is 37.6 Å². The molecule has 2 amide bonds. The van der Waals surface area contributed by atoms with Gasteiger partial charge in [0.2, 0.25) is 0 Å². The molecule has 0 bridgehead atoms. The molecule has 1 aromatic heterocycles. The normalized spacial score (nSPS) is 14.4. The molecule has 1 aliphatic heterocycles. The molecule has 5 heteroatoms. The SMILES string of the molecule is CCc1cccc(CC)c1NC(=O)N1CCN(c2cccc(C)n2)CC1. The fraction of sp³-hybridized carbons (Fsp3) is 0.429. The molecule has 1 aliphatic rings. The lowest BCUT2D eigenvalue weighted by molar-refractivity contribution is 0.208. The molecule has 2 aromatic rings. The van der Waals surface area contributed by atoms with E-state index in [0.717, 1.165) is 43.1 Å². The highest BCUT2D eigenvalue weighted by molar-refractivity contribution is 5.91. The molecule has 0 radical (unpaired) electrons. The molecule has 1 N–H and O–H groups in total. The second kappa shape index (κ2) is 8.21. The molecule has 138 valence electrons. The zero-order chi connectivity index (χ0) is 18.5. The Morgan fingerprint density at radius 3 is 2.19 bits per heavy atom. The standard InChI is InChI=1S/C21H28N4O/c1-4-17-9-7-10-18(5-2)20(17)23-21(26)25-14-12-24(13-15-25)19-11-6-8-16(3)22-19/h6-11H,4-5,12-15H2,1-3H3,(H,23,26). The Morgan fingerprint density at radius 1 is 1.00 bits per heavy atom. The van der Waals surface area contributed by atoms with E-state index >= 15 is 0 Å². The van der Waals surface area contributed by atoms with Gasteiger partial charge in [-0.3, -0.25) is 0 Å². The summed E-state index contributed by atoms with van der Waals surface area (Å²) in [5.74, 6) is 0.995. The van der Waals surface area contributed by atoms with Crippen LogP contribution in [-0.4, -0.2) is 42.1 Å². The van der Waals surface area contributed by atoms with E-state index in [1.807, 2.05) is 30.0 Å². The van der Waals surface area contributed by atoms with E-state index in [-0.39, 0.29) is 6.03 Å². The Hall–Kier alpha value is -2.56. The first-order chi connectivity index (χ1) is 12.6. The largest absolute Gasteiger partial charge is 0.353 e. The molecule has 0 unspecified atom stereocenters. The maximum Gasteiger partial charge on any atom is 0.321 e. The highest BCUT2D eigenvalue weighted by Crippen LogP contribution is 2.23. The van der Waals surface area contributed by atoms with Crippen molar-refractivity contribution in [1.29, 1.82) is 0 Å². The van der Waals surface area contributed by atoms with Gasteiger partial charge in [-0.2, -0.15) is 0 Å². The summed E-state index contributed by atoms with van der Waals surface area (Å²) < 4.78 is 0. The van der Waals surface area contributed by atoms with E-state index in [1.165, 1.54) is 11.1 Å². The topological polar surface area (TPSA) is 48.5 Å². The fourth-order valence-electron chi connectivity index (χ4n) is 3.43. The number of carbonyl (C=O) groups excluding carboxylic acids is 1. The molecule has 5 nitrogen and oxygen atoms in total. The predicted molar refractivity (Wildman–Crippen MR) is 107 cm³/mol. The Labute approximate surface area is 156 Å². The number of benzene rings is 1. The van der Waals surface area contributed by atoms with Crippen molar-refractivity contribution in [3.63, 3.8) is 0 Å². The quantitative estimate of drug-likeness (QED) is 0.909. The number of amides is 2. The van der Waals surface area contributed by atoms with Crippen molar-refractivity contribution in [2.24, 2.45) is 0 Å². The fourth-order valence-corrected chi connectivity index (χ4v) is 3.43. The van der Waals surface area contributed by atoms with Crippen molar-refractivity contribution >= 4 is 17.5 Å². The van der Waals surface area contributed by atoms with E-state index in [4.69, 9.17) is 0 Å². The first-order valence-corrected chi connectivity index (χ1v) is 9.47. The van der Waals surface area contributed by atoms with Crippen molar-refractivity contribution in [3.05, 3.63) is 53.2 Å². The summed E-state index contributed by atoms with van der Waals surface area (Å²) in [6.07, 6.45) is 1.83. The number of nitrogens with one attached hydrogen (secondary N) is 1. The van der Waals surface area contributed by atoms with Gasteiger partial charge in [0.15, 0.2) is 0 Å². The molecule has 1 saturated heterocycles.